The molecule has 0 aromatic rings. The molecule has 33 heavy (non-hydrogen) atoms. The Morgan fingerprint density at radius 2 is 1.85 bits per heavy atom. The largest absolute Gasteiger partial charge is 0.466 e. The van der Waals surface area contributed by atoms with Crippen molar-refractivity contribution in [2.24, 2.45) is 11.8 Å². The van der Waals surface area contributed by atoms with Crippen molar-refractivity contribution in [2.75, 3.05) is 19.1 Å². The van der Waals surface area contributed by atoms with Crippen LogP contribution >= 0.6 is 11.6 Å². The number of halogens is 1. The van der Waals surface area contributed by atoms with Gasteiger partial charge in [-0.3, -0.25) is 4.79 Å². The van der Waals surface area contributed by atoms with Crippen molar-refractivity contribution < 1.29 is 24.1 Å². The highest BCUT2D eigenvalue weighted by Gasteiger charge is 2.54. The molecule has 194 valence electrons. The highest BCUT2D eigenvalue weighted by Crippen LogP contribution is 2.51. The Kier molecular flexibility index (Phi) is 14.3. The second kappa shape index (κ2) is 16.3. The van der Waals surface area contributed by atoms with Gasteiger partial charge in [-0.15, -0.1) is 11.6 Å². The van der Waals surface area contributed by atoms with Gasteiger partial charge in [-0.1, -0.05) is 58.8 Å². The summed E-state index contributed by atoms with van der Waals surface area (Å²) in [5, 5.41) is 10.4. The molecule has 1 aliphatic carbocycles. The van der Waals surface area contributed by atoms with E-state index in [4.69, 9.17) is 25.8 Å². The van der Waals surface area contributed by atoms with E-state index in [0.717, 1.165) is 83.5 Å². The van der Waals surface area contributed by atoms with Gasteiger partial charge in [-0.05, 0) is 50.9 Å². The van der Waals surface area contributed by atoms with Crippen LogP contribution in [0.3, 0.4) is 0 Å². The summed E-state index contributed by atoms with van der Waals surface area (Å²) in [4.78, 5) is 11.8. The van der Waals surface area contributed by atoms with Crippen LogP contribution in [0.2, 0.25) is 0 Å². The minimum Gasteiger partial charge on any atom is -0.466 e. The Hall–Kier alpha value is -0.360. The Balaban J connectivity index is 1.75. The summed E-state index contributed by atoms with van der Waals surface area (Å²) in [6, 6.07) is 0. The molecule has 2 unspecified atom stereocenters. The van der Waals surface area contributed by atoms with Crippen LogP contribution in [0.1, 0.15) is 117 Å². The third-order valence-electron chi connectivity index (χ3n) is 7.47. The summed E-state index contributed by atoms with van der Waals surface area (Å²) >= 11 is 6.07. The predicted octanol–water partition coefficient (Wildman–Crippen LogP) is 6.77. The van der Waals surface area contributed by atoms with Gasteiger partial charge in [0.05, 0.1) is 31.3 Å². The van der Waals surface area contributed by atoms with Gasteiger partial charge in [0, 0.05) is 18.8 Å². The molecule has 2 aliphatic rings. The van der Waals surface area contributed by atoms with E-state index in [1.54, 1.807) is 0 Å². The molecule has 1 saturated heterocycles. The first kappa shape index (κ1) is 28.9. The number of hydrogen-bond donors (Lipinski definition) is 1. The smallest absolute Gasteiger partial charge is 0.305 e. The van der Waals surface area contributed by atoms with Crippen molar-refractivity contribution >= 4 is 17.6 Å². The van der Waals surface area contributed by atoms with Gasteiger partial charge in [0.2, 0.25) is 0 Å². The molecule has 6 heteroatoms. The Morgan fingerprint density at radius 3 is 2.58 bits per heavy atom. The van der Waals surface area contributed by atoms with Crippen molar-refractivity contribution in [1.29, 1.82) is 0 Å². The maximum Gasteiger partial charge on any atom is 0.305 e. The maximum atomic E-state index is 11.8. The maximum absolute atomic E-state index is 11.8. The van der Waals surface area contributed by atoms with Gasteiger partial charge < -0.3 is 19.3 Å². The van der Waals surface area contributed by atoms with E-state index in [2.05, 4.69) is 13.8 Å². The number of aliphatic hydroxyl groups excluding tert-OH is 1. The fraction of sp³-hybridized carbons (Fsp3) is 0.963. The van der Waals surface area contributed by atoms with Gasteiger partial charge in [0.25, 0.3) is 0 Å². The summed E-state index contributed by atoms with van der Waals surface area (Å²) in [5.74, 6) is 0.848. The molecule has 2 rings (SSSR count). The fourth-order valence-electron chi connectivity index (χ4n) is 5.49. The number of rotatable bonds is 18. The van der Waals surface area contributed by atoms with Crippen LogP contribution in [0.15, 0.2) is 0 Å². The number of alkyl halides is 1. The van der Waals surface area contributed by atoms with Crippen molar-refractivity contribution in [3.8, 4) is 0 Å². The number of unbranched alkanes of at least 4 members (excludes halogenated alkanes) is 6. The third-order valence-corrected chi connectivity index (χ3v) is 7.81. The average Bonchev–Trinajstić information content (AvgIpc) is 3.38. The van der Waals surface area contributed by atoms with E-state index in [-0.39, 0.29) is 18.2 Å². The fourth-order valence-corrected chi connectivity index (χ4v) is 5.64. The summed E-state index contributed by atoms with van der Waals surface area (Å²) in [6.45, 7) is 5.44. The first-order chi connectivity index (χ1) is 16.0. The first-order valence-corrected chi connectivity index (χ1v) is 14.3. The lowest BCUT2D eigenvalue weighted by Gasteiger charge is -2.33. The van der Waals surface area contributed by atoms with Crippen LogP contribution in [-0.4, -0.2) is 48.2 Å². The number of esters is 1. The molecule has 0 radical (unpaired) electrons. The van der Waals surface area contributed by atoms with E-state index >= 15 is 0 Å². The second-order valence-electron chi connectivity index (χ2n) is 10.2. The third kappa shape index (κ3) is 10.0. The average molecular weight is 489 g/mol. The Morgan fingerprint density at radius 1 is 1.06 bits per heavy atom. The van der Waals surface area contributed by atoms with E-state index in [9.17, 15) is 9.90 Å². The molecule has 0 bridgehead atoms. The van der Waals surface area contributed by atoms with Gasteiger partial charge in [-0.2, -0.15) is 0 Å². The molecule has 5 atom stereocenters. The zero-order valence-electron chi connectivity index (χ0n) is 21.2. The number of carbonyl (C=O) groups excluding carboxylic acids is 1. The van der Waals surface area contributed by atoms with Gasteiger partial charge in [0.1, 0.15) is 0 Å². The van der Waals surface area contributed by atoms with E-state index in [1.165, 1.54) is 12.8 Å². The lowest BCUT2D eigenvalue weighted by Crippen LogP contribution is -2.37. The lowest BCUT2D eigenvalue weighted by molar-refractivity contribution is -0.196. The Labute approximate surface area is 207 Å². The molecular formula is C27H49ClO5. The number of aliphatic hydroxyl groups is 1. The van der Waals surface area contributed by atoms with Crippen LogP contribution in [0.25, 0.3) is 0 Å². The normalized spacial score (nSPS) is 27.9. The lowest BCUT2D eigenvalue weighted by atomic mass is 9.84. The van der Waals surface area contributed by atoms with Crippen LogP contribution in [-0.2, 0) is 19.0 Å². The number of ether oxygens (including phenoxy) is 3. The monoisotopic (exact) mass is 488 g/mol. The summed E-state index contributed by atoms with van der Waals surface area (Å²) in [5.41, 5.74) is 0. The number of hydrogen-bond acceptors (Lipinski definition) is 5. The molecule has 1 heterocycles. The van der Waals surface area contributed by atoms with Gasteiger partial charge >= 0.3 is 5.97 Å². The van der Waals surface area contributed by atoms with Gasteiger partial charge in [0.15, 0.2) is 5.79 Å². The van der Waals surface area contributed by atoms with Crippen LogP contribution in [0.4, 0.5) is 0 Å². The van der Waals surface area contributed by atoms with Crippen molar-refractivity contribution in [2.45, 2.75) is 135 Å². The molecule has 1 spiro atoms. The summed E-state index contributed by atoms with van der Waals surface area (Å²) in [7, 11) is 0. The van der Waals surface area contributed by atoms with E-state index < -0.39 is 5.79 Å². The molecule has 0 amide bonds. The molecule has 5 nitrogen and oxygen atoms in total. The topological polar surface area (TPSA) is 65.0 Å². The molecular weight excluding hydrogens is 440 g/mol. The highest BCUT2D eigenvalue weighted by atomic mass is 35.5. The quantitative estimate of drug-likeness (QED) is 0.131. The van der Waals surface area contributed by atoms with Crippen LogP contribution in [0.5, 0.6) is 0 Å². The zero-order valence-corrected chi connectivity index (χ0v) is 22.0. The minimum absolute atomic E-state index is 0.00808. The standard InChI is InChI=1S/C27H49ClO5/c1-3-5-9-12-23(29)16-15-22-17-18-27(32-21-24(20-28)33-27)25(22)13-10-7-8-11-14-26(30)31-19-6-4-2/h22-25,29H,3-21H2,1-2H3/t22-,23-,24?,25+,27?/m0/s1. The molecule has 0 aromatic carbocycles. The predicted molar refractivity (Wildman–Crippen MR) is 133 cm³/mol. The molecule has 1 aliphatic heterocycles. The zero-order chi connectivity index (χ0) is 23.9. The molecule has 1 saturated carbocycles. The Bertz CT molecular complexity index is 531. The van der Waals surface area contributed by atoms with Crippen LogP contribution in [0, 0.1) is 11.8 Å². The van der Waals surface area contributed by atoms with Crippen molar-refractivity contribution in [3.05, 3.63) is 0 Å². The second-order valence-corrected chi connectivity index (χ2v) is 10.5. The minimum atomic E-state index is -0.472. The first-order valence-electron chi connectivity index (χ1n) is 13.8. The van der Waals surface area contributed by atoms with Crippen LogP contribution < -0.4 is 0 Å². The van der Waals surface area contributed by atoms with Gasteiger partial charge in [-0.25, -0.2) is 0 Å². The van der Waals surface area contributed by atoms with Crippen molar-refractivity contribution in [1.82, 2.24) is 0 Å². The summed E-state index contributed by atoms with van der Waals surface area (Å²) in [6.07, 6.45) is 16.0. The summed E-state index contributed by atoms with van der Waals surface area (Å²) < 4.78 is 17.9. The molecule has 0 aromatic heterocycles. The van der Waals surface area contributed by atoms with E-state index in [1.807, 2.05) is 0 Å². The number of carbonyl (C=O) groups is 1. The van der Waals surface area contributed by atoms with Crippen molar-refractivity contribution in [3.63, 3.8) is 0 Å². The molecule has 2 fully saturated rings. The highest BCUT2D eigenvalue weighted by molar-refractivity contribution is 6.18. The van der Waals surface area contributed by atoms with E-state index in [0.29, 0.717) is 37.4 Å². The SMILES string of the molecule is CCCCC[C@H](O)CC[C@H]1CCC2(OCC(CCl)O2)[C@@H]1CCCCCCC(=O)OCCCC. The molecule has 1 N–H and O–H groups in total.